The van der Waals surface area contributed by atoms with Crippen molar-refractivity contribution in [2.75, 3.05) is 0 Å². The van der Waals surface area contributed by atoms with Gasteiger partial charge in [0.1, 0.15) is 0 Å². The van der Waals surface area contributed by atoms with Gasteiger partial charge in [-0.25, -0.2) is 9.79 Å². The number of carbonyl (C=O) groups is 1. The van der Waals surface area contributed by atoms with Crippen molar-refractivity contribution in [3.63, 3.8) is 0 Å². The molecule has 0 amide bonds. The Balaban J connectivity index is 1.98. The molecule has 1 heterocycles. The number of hydrogen-bond acceptors (Lipinski definition) is 3. The molecule has 3 heteroatoms. The van der Waals surface area contributed by atoms with Crippen molar-refractivity contribution in [1.29, 1.82) is 0 Å². The van der Waals surface area contributed by atoms with Crippen LogP contribution in [0.15, 0.2) is 29.3 Å². The summed E-state index contributed by atoms with van der Waals surface area (Å²) in [5, 5.41) is 0. The molecule has 0 atom stereocenters. The molecular weight excluding hydrogens is 226 g/mol. The van der Waals surface area contributed by atoms with Crippen LogP contribution >= 0.6 is 0 Å². The smallest absolute Gasteiger partial charge is 0.340 e. The Labute approximate surface area is 107 Å². The van der Waals surface area contributed by atoms with Crippen molar-refractivity contribution >= 4 is 11.9 Å². The fourth-order valence-electron chi connectivity index (χ4n) is 2.83. The van der Waals surface area contributed by atoms with Crippen LogP contribution in [0.4, 0.5) is 0 Å². The van der Waals surface area contributed by atoms with Crippen LogP contribution in [0.25, 0.3) is 0 Å². The number of ether oxygens (including phenoxy) is 1. The lowest BCUT2D eigenvalue weighted by molar-refractivity contribution is -0.140. The molecule has 3 rings (SSSR count). The van der Waals surface area contributed by atoms with Crippen LogP contribution in [0.2, 0.25) is 0 Å². The zero-order chi connectivity index (χ0) is 12.6. The van der Waals surface area contributed by atoms with Crippen LogP contribution in [-0.2, 0) is 9.53 Å². The second-order valence-electron chi connectivity index (χ2n) is 5.21. The summed E-state index contributed by atoms with van der Waals surface area (Å²) in [5.41, 5.74) is 1.46. The Morgan fingerprint density at radius 1 is 1.17 bits per heavy atom. The van der Waals surface area contributed by atoms with E-state index in [0.717, 1.165) is 36.8 Å². The molecule has 94 valence electrons. The molecule has 1 aliphatic carbocycles. The molecule has 0 unspecified atom stereocenters. The Bertz CT molecular complexity index is 513. The summed E-state index contributed by atoms with van der Waals surface area (Å²) >= 11 is 0. The quantitative estimate of drug-likeness (QED) is 0.711. The maximum Gasteiger partial charge on any atom is 0.340 e. The van der Waals surface area contributed by atoms with E-state index in [4.69, 9.17) is 4.74 Å². The maximum absolute atomic E-state index is 12.1. The molecule has 0 radical (unpaired) electrons. The summed E-state index contributed by atoms with van der Waals surface area (Å²) in [4.78, 5) is 16.7. The van der Waals surface area contributed by atoms with Gasteiger partial charge < -0.3 is 4.74 Å². The first kappa shape index (κ1) is 11.5. The summed E-state index contributed by atoms with van der Waals surface area (Å²) in [6, 6.07) is 7.90. The third kappa shape index (κ3) is 1.74. The molecule has 1 aromatic carbocycles. The molecular formula is C15H17NO2. The third-order valence-electron chi connectivity index (χ3n) is 3.94. The van der Waals surface area contributed by atoms with Crippen LogP contribution in [0, 0.1) is 6.92 Å². The van der Waals surface area contributed by atoms with Crippen molar-refractivity contribution in [1.82, 2.24) is 0 Å². The molecule has 0 saturated heterocycles. The number of hydrogen-bond donors (Lipinski definition) is 0. The molecule has 0 aromatic heterocycles. The van der Waals surface area contributed by atoms with Crippen molar-refractivity contribution in [2.24, 2.45) is 4.99 Å². The minimum atomic E-state index is -0.574. The average molecular weight is 243 g/mol. The molecule has 1 spiro atoms. The van der Waals surface area contributed by atoms with E-state index in [1.54, 1.807) is 0 Å². The summed E-state index contributed by atoms with van der Waals surface area (Å²) < 4.78 is 5.43. The highest BCUT2D eigenvalue weighted by atomic mass is 16.6. The van der Waals surface area contributed by atoms with Crippen LogP contribution < -0.4 is 0 Å². The highest BCUT2D eigenvalue weighted by Crippen LogP contribution is 2.37. The fraction of sp³-hybridized carbons (Fsp3) is 0.467. The number of aliphatic imine (C=N–C) groups is 1. The Kier molecular flexibility index (Phi) is 2.69. The van der Waals surface area contributed by atoms with E-state index < -0.39 is 5.54 Å². The van der Waals surface area contributed by atoms with Crippen LogP contribution in [0.3, 0.4) is 0 Å². The van der Waals surface area contributed by atoms with Gasteiger partial charge in [-0.15, -0.1) is 0 Å². The molecule has 1 aliphatic heterocycles. The lowest BCUT2D eigenvalue weighted by Gasteiger charge is -2.25. The molecule has 1 saturated carbocycles. The molecule has 18 heavy (non-hydrogen) atoms. The number of rotatable bonds is 1. The zero-order valence-corrected chi connectivity index (χ0v) is 10.6. The monoisotopic (exact) mass is 243 g/mol. The number of esters is 1. The van der Waals surface area contributed by atoms with E-state index in [0.29, 0.717) is 5.90 Å². The van der Waals surface area contributed by atoms with Gasteiger partial charge in [-0.2, -0.15) is 0 Å². The number of aryl methyl sites for hydroxylation is 1. The first-order valence-electron chi connectivity index (χ1n) is 6.59. The molecule has 1 aromatic rings. The second-order valence-corrected chi connectivity index (χ2v) is 5.21. The topological polar surface area (TPSA) is 38.7 Å². The Morgan fingerprint density at radius 3 is 2.61 bits per heavy atom. The van der Waals surface area contributed by atoms with Gasteiger partial charge >= 0.3 is 5.97 Å². The number of nitrogens with zero attached hydrogens (tertiary/aromatic N) is 1. The normalized spacial score (nSPS) is 21.8. The minimum Gasteiger partial charge on any atom is -0.405 e. The predicted molar refractivity (Wildman–Crippen MR) is 69.6 cm³/mol. The maximum atomic E-state index is 12.1. The van der Waals surface area contributed by atoms with Gasteiger partial charge in [-0.1, -0.05) is 37.5 Å². The van der Waals surface area contributed by atoms with Gasteiger partial charge in [-0.3, -0.25) is 0 Å². The molecule has 0 bridgehead atoms. The van der Waals surface area contributed by atoms with Gasteiger partial charge in [0.05, 0.1) is 0 Å². The van der Waals surface area contributed by atoms with Crippen molar-refractivity contribution in [3.8, 4) is 0 Å². The fourth-order valence-corrected chi connectivity index (χ4v) is 2.83. The van der Waals surface area contributed by atoms with Crippen molar-refractivity contribution < 1.29 is 9.53 Å². The van der Waals surface area contributed by atoms with E-state index in [9.17, 15) is 4.79 Å². The van der Waals surface area contributed by atoms with Gasteiger partial charge in [-0.05, 0) is 31.4 Å². The first-order chi connectivity index (χ1) is 8.71. The van der Waals surface area contributed by atoms with Gasteiger partial charge in [0.25, 0.3) is 0 Å². The highest BCUT2D eigenvalue weighted by molar-refractivity contribution is 6.08. The van der Waals surface area contributed by atoms with E-state index >= 15 is 0 Å². The summed E-state index contributed by atoms with van der Waals surface area (Å²) in [6.45, 7) is 2.01. The Morgan fingerprint density at radius 2 is 1.89 bits per heavy atom. The van der Waals surface area contributed by atoms with Crippen molar-refractivity contribution in [3.05, 3.63) is 35.4 Å². The molecule has 1 fully saturated rings. The largest absolute Gasteiger partial charge is 0.405 e. The second kappa shape index (κ2) is 4.23. The van der Waals surface area contributed by atoms with E-state index in [-0.39, 0.29) is 5.97 Å². The summed E-state index contributed by atoms with van der Waals surface area (Å²) in [7, 11) is 0. The van der Waals surface area contributed by atoms with Crippen molar-refractivity contribution in [2.45, 2.75) is 44.6 Å². The highest BCUT2D eigenvalue weighted by Gasteiger charge is 2.46. The van der Waals surface area contributed by atoms with Crippen LogP contribution in [0.1, 0.15) is 43.2 Å². The van der Waals surface area contributed by atoms with E-state index in [1.807, 2.05) is 31.2 Å². The number of carbonyl (C=O) groups excluding carboxylic acids is 1. The summed E-state index contributed by atoms with van der Waals surface area (Å²) in [5.74, 6) is 0.362. The SMILES string of the molecule is Cc1ccccc1C1=NC2(CCCCC2)C(=O)O1. The van der Waals surface area contributed by atoms with Crippen LogP contribution in [0.5, 0.6) is 0 Å². The average Bonchev–Trinajstić information content (AvgIpc) is 2.68. The van der Waals surface area contributed by atoms with E-state index in [1.165, 1.54) is 6.42 Å². The predicted octanol–water partition coefficient (Wildman–Crippen LogP) is 3.00. The molecule has 0 N–H and O–H groups in total. The van der Waals surface area contributed by atoms with Gasteiger partial charge in [0.15, 0.2) is 5.54 Å². The molecule has 3 nitrogen and oxygen atoms in total. The standard InChI is InChI=1S/C15H17NO2/c1-11-7-3-4-8-12(11)13-16-15(14(17)18-13)9-5-2-6-10-15/h3-4,7-8H,2,5-6,9-10H2,1H3. The Hall–Kier alpha value is -1.64. The summed E-state index contributed by atoms with van der Waals surface area (Å²) in [6.07, 6.45) is 5.01. The van der Waals surface area contributed by atoms with Gasteiger partial charge in [0.2, 0.25) is 5.90 Å². The lowest BCUT2D eigenvalue weighted by atomic mass is 9.83. The number of benzene rings is 1. The first-order valence-corrected chi connectivity index (χ1v) is 6.59. The molecule has 2 aliphatic rings. The lowest BCUT2D eigenvalue weighted by Crippen LogP contribution is -2.35. The zero-order valence-electron chi connectivity index (χ0n) is 10.6. The minimum absolute atomic E-state index is 0.152. The van der Waals surface area contributed by atoms with Crippen LogP contribution in [-0.4, -0.2) is 17.4 Å². The number of cyclic esters (lactones) is 1. The van der Waals surface area contributed by atoms with Gasteiger partial charge in [0, 0.05) is 5.56 Å². The third-order valence-corrected chi connectivity index (χ3v) is 3.94. The van der Waals surface area contributed by atoms with E-state index in [2.05, 4.69) is 4.99 Å².